The van der Waals surface area contributed by atoms with E-state index in [1.165, 1.54) is 12.8 Å². The first-order valence-electron chi connectivity index (χ1n) is 7.58. The van der Waals surface area contributed by atoms with Crippen LogP contribution in [-0.4, -0.2) is 24.1 Å². The van der Waals surface area contributed by atoms with E-state index in [0.29, 0.717) is 12.0 Å². The summed E-state index contributed by atoms with van der Waals surface area (Å²) in [6, 6.07) is 0.567. The Labute approximate surface area is 119 Å². The maximum absolute atomic E-state index is 5.95. The third kappa shape index (κ3) is 9.79. The van der Waals surface area contributed by atoms with Crippen molar-refractivity contribution in [3.05, 3.63) is 11.9 Å². The molecule has 0 aromatic carbocycles. The van der Waals surface area contributed by atoms with Crippen LogP contribution in [0.25, 0.3) is 0 Å². The fourth-order valence-electron chi connectivity index (χ4n) is 1.87. The van der Waals surface area contributed by atoms with E-state index in [4.69, 9.17) is 11.6 Å². The second-order valence-electron chi connectivity index (χ2n) is 5.98. The summed E-state index contributed by atoms with van der Waals surface area (Å²) < 4.78 is 0. The van der Waals surface area contributed by atoms with Crippen LogP contribution in [0, 0.1) is 11.8 Å². The number of rotatable bonds is 10. The summed E-state index contributed by atoms with van der Waals surface area (Å²) in [5.41, 5.74) is 6.74. The summed E-state index contributed by atoms with van der Waals surface area (Å²) in [7, 11) is 0. The minimum atomic E-state index is 0.350. The van der Waals surface area contributed by atoms with E-state index in [-0.39, 0.29) is 0 Å². The molecule has 0 rings (SSSR count). The summed E-state index contributed by atoms with van der Waals surface area (Å²) in [4.78, 5) is 0. The molecule has 0 aliphatic heterocycles. The Morgan fingerprint density at radius 2 is 1.84 bits per heavy atom. The molecule has 19 heavy (non-hydrogen) atoms. The van der Waals surface area contributed by atoms with Gasteiger partial charge in [-0.3, -0.25) is 0 Å². The van der Waals surface area contributed by atoms with Crippen LogP contribution in [-0.2, 0) is 0 Å². The monoisotopic (exact) mass is 270 g/mol. The van der Waals surface area contributed by atoms with Gasteiger partial charge in [0.15, 0.2) is 0 Å². The fraction of sp³-hybridized carbons (Fsp3) is 0.867. The van der Waals surface area contributed by atoms with E-state index in [9.17, 15) is 0 Å². The molecule has 0 spiro atoms. The van der Waals surface area contributed by atoms with Crippen LogP contribution in [0.1, 0.15) is 53.9 Å². The SMILES string of the molecule is CCC(CCNC(C)C)CCN(N)/C=C(\N)C(C)C. The molecule has 5 N–H and O–H groups in total. The van der Waals surface area contributed by atoms with Crippen molar-refractivity contribution in [3.63, 3.8) is 0 Å². The van der Waals surface area contributed by atoms with Gasteiger partial charge in [0.25, 0.3) is 0 Å². The Kier molecular flexibility index (Phi) is 9.70. The normalized spacial score (nSPS) is 14.2. The molecule has 1 atom stereocenters. The van der Waals surface area contributed by atoms with Gasteiger partial charge in [0, 0.05) is 24.5 Å². The first kappa shape index (κ1) is 18.3. The lowest BCUT2D eigenvalue weighted by Crippen LogP contribution is -2.30. The van der Waals surface area contributed by atoms with Crippen LogP contribution in [0.5, 0.6) is 0 Å². The Morgan fingerprint density at radius 3 is 2.32 bits per heavy atom. The number of hydrogen-bond donors (Lipinski definition) is 3. The predicted molar refractivity (Wildman–Crippen MR) is 84.2 cm³/mol. The average molecular weight is 270 g/mol. The van der Waals surface area contributed by atoms with Gasteiger partial charge in [-0.15, -0.1) is 0 Å². The molecule has 0 saturated carbocycles. The first-order valence-corrected chi connectivity index (χ1v) is 7.58. The Hall–Kier alpha value is -0.740. The summed E-state index contributed by atoms with van der Waals surface area (Å²) in [6.45, 7) is 12.7. The lowest BCUT2D eigenvalue weighted by molar-refractivity contribution is 0.318. The van der Waals surface area contributed by atoms with Gasteiger partial charge >= 0.3 is 0 Å². The second-order valence-corrected chi connectivity index (χ2v) is 5.98. The molecular weight excluding hydrogens is 236 g/mol. The van der Waals surface area contributed by atoms with Gasteiger partial charge in [-0.2, -0.15) is 0 Å². The molecule has 4 nitrogen and oxygen atoms in total. The van der Waals surface area contributed by atoms with Crippen molar-refractivity contribution < 1.29 is 0 Å². The molecule has 0 heterocycles. The number of hydrazine groups is 1. The van der Waals surface area contributed by atoms with Crippen LogP contribution in [0.4, 0.5) is 0 Å². The third-order valence-corrected chi connectivity index (χ3v) is 3.46. The van der Waals surface area contributed by atoms with Gasteiger partial charge < -0.3 is 16.1 Å². The third-order valence-electron chi connectivity index (χ3n) is 3.46. The molecular formula is C15H34N4. The van der Waals surface area contributed by atoms with Gasteiger partial charge in [-0.25, -0.2) is 5.84 Å². The molecule has 0 radical (unpaired) electrons. The van der Waals surface area contributed by atoms with Crippen LogP contribution in [0.15, 0.2) is 11.9 Å². The quantitative estimate of drug-likeness (QED) is 0.421. The molecule has 0 aliphatic rings. The first-order chi connectivity index (χ1) is 8.86. The minimum absolute atomic E-state index is 0.350. The fourth-order valence-corrected chi connectivity index (χ4v) is 1.87. The maximum atomic E-state index is 5.95. The lowest BCUT2D eigenvalue weighted by atomic mass is 9.98. The molecule has 0 saturated heterocycles. The Balaban J connectivity index is 3.96. The van der Waals surface area contributed by atoms with Gasteiger partial charge in [-0.05, 0) is 31.2 Å². The van der Waals surface area contributed by atoms with E-state index in [1.807, 2.05) is 6.20 Å². The maximum Gasteiger partial charge on any atom is 0.0345 e. The largest absolute Gasteiger partial charge is 0.401 e. The summed E-state index contributed by atoms with van der Waals surface area (Å²) in [5.74, 6) is 7.03. The van der Waals surface area contributed by atoms with Crippen LogP contribution >= 0.6 is 0 Å². The summed E-state index contributed by atoms with van der Waals surface area (Å²) >= 11 is 0. The number of allylic oxidation sites excluding steroid dienone is 1. The summed E-state index contributed by atoms with van der Waals surface area (Å²) in [5, 5.41) is 5.20. The van der Waals surface area contributed by atoms with E-state index in [0.717, 1.165) is 31.1 Å². The van der Waals surface area contributed by atoms with E-state index in [1.54, 1.807) is 5.01 Å². The summed E-state index contributed by atoms with van der Waals surface area (Å²) in [6.07, 6.45) is 5.40. The van der Waals surface area contributed by atoms with Crippen molar-refractivity contribution in [2.24, 2.45) is 23.4 Å². The van der Waals surface area contributed by atoms with Crippen molar-refractivity contribution >= 4 is 0 Å². The highest BCUT2D eigenvalue weighted by Gasteiger charge is 2.08. The second kappa shape index (κ2) is 10.1. The van der Waals surface area contributed by atoms with Crippen LogP contribution < -0.4 is 16.9 Å². The van der Waals surface area contributed by atoms with Crippen molar-refractivity contribution in [1.82, 2.24) is 10.3 Å². The Morgan fingerprint density at radius 1 is 1.21 bits per heavy atom. The van der Waals surface area contributed by atoms with Gasteiger partial charge in [-0.1, -0.05) is 41.0 Å². The molecule has 0 aliphatic carbocycles. The average Bonchev–Trinajstić information content (AvgIpc) is 2.32. The zero-order valence-corrected chi connectivity index (χ0v) is 13.4. The molecule has 0 aromatic rings. The van der Waals surface area contributed by atoms with Gasteiger partial charge in [0.2, 0.25) is 0 Å². The number of nitrogens with two attached hydrogens (primary N) is 2. The molecule has 1 unspecified atom stereocenters. The van der Waals surface area contributed by atoms with E-state index >= 15 is 0 Å². The number of hydrogen-bond acceptors (Lipinski definition) is 4. The van der Waals surface area contributed by atoms with Crippen molar-refractivity contribution in [2.75, 3.05) is 13.1 Å². The molecule has 0 aromatic heterocycles. The molecule has 114 valence electrons. The van der Waals surface area contributed by atoms with Crippen molar-refractivity contribution in [1.29, 1.82) is 0 Å². The highest BCUT2D eigenvalue weighted by molar-refractivity contribution is 4.97. The lowest BCUT2D eigenvalue weighted by Gasteiger charge is -2.21. The molecule has 0 fully saturated rings. The van der Waals surface area contributed by atoms with E-state index < -0.39 is 0 Å². The molecule has 4 heteroatoms. The van der Waals surface area contributed by atoms with E-state index in [2.05, 4.69) is 39.9 Å². The smallest absolute Gasteiger partial charge is 0.0345 e. The zero-order valence-electron chi connectivity index (χ0n) is 13.4. The molecule has 0 amide bonds. The van der Waals surface area contributed by atoms with Crippen molar-refractivity contribution in [3.8, 4) is 0 Å². The van der Waals surface area contributed by atoms with Crippen LogP contribution in [0.2, 0.25) is 0 Å². The topological polar surface area (TPSA) is 67.3 Å². The van der Waals surface area contributed by atoms with Crippen molar-refractivity contribution in [2.45, 2.75) is 59.9 Å². The predicted octanol–water partition coefficient (Wildman–Crippen LogP) is 2.42. The molecule has 0 bridgehead atoms. The van der Waals surface area contributed by atoms with Crippen LogP contribution in [0.3, 0.4) is 0 Å². The zero-order chi connectivity index (χ0) is 14.8. The standard InChI is InChI=1S/C15H34N4/c1-6-14(7-9-18-13(4)5)8-10-19(17)11-15(16)12(2)3/h11-14,18H,6-10,16-17H2,1-5H3/b15-11-. The highest BCUT2D eigenvalue weighted by Crippen LogP contribution is 2.13. The minimum Gasteiger partial charge on any atom is -0.401 e. The highest BCUT2D eigenvalue weighted by atomic mass is 15.4. The van der Waals surface area contributed by atoms with Gasteiger partial charge in [0.1, 0.15) is 0 Å². The number of nitrogens with one attached hydrogen (secondary N) is 1. The van der Waals surface area contributed by atoms with Gasteiger partial charge in [0.05, 0.1) is 0 Å². The Bertz CT molecular complexity index is 249. The number of nitrogens with zero attached hydrogens (tertiary/aromatic N) is 1.